The van der Waals surface area contributed by atoms with Crippen molar-refractivity contribution in [2.24, 2.45) is 11.7 Å². The first-order valence-corrected chi connectivity index (χ1v) is 7.84. The van der Waals surface area contributed by atoms with Crippen molar-refractivity contribution in [2.45, 2.75) is 51.6 Å². The Kier molecular flexibility index (Phi) is 7.30. The van der Waals surface area contributed by atoms with Crippen LogP contribution in [0.15, 0.2) is 24.3 Å². The van der Waals surface area contributed by atoms with E-state index in [0.29, 0.717) is 6.54 Å². The molecule has 0 heterocycles. The number of nitrogens with zero attached hydrogens (tertiary/aromatic N) is 1. The minimum absolute atomic E-state index is 0. The van der Waals surface area contributed by atoms with Crippen molar-refractivity contribution in [3.05, 3.63) is 35.6 Å². The summed E-state index contributed by atoms with van der Waals surface area (Å²) < 4.78 is 13.0. The molecule has 3 nitrogen and oxygen atoms in total. The van der Waals surface area contributed by atoms with Gasteiger partial charge >= 0.3 is 0 Å². The van der Waals surface area contributed by atoms with Crippen molar-refractivity contribution in [3.8, 4) is 0 Å². The van der Waals surface area contributed by atoms with E-state index in [1.807, 2.05) is 18.7 Å². The summed E-state index contributed by atoms with van der Waals surface area (Å²) in [5.41, 5.74) is 6.96. The van der Waals surface area contributed by atoms with Gasteiger partial charge in [0.2, 0.25) is 5.91 Å². The number of carbonyl (C=O) groups is 1. The molecule has 2 N–H and O–H groups in total. The van der Waals surface area contributed by atoms with Crippen LogP contribution in [0, 0.1) is 11.7 Å². The van der Waals surface area contributed by atoms with Gasteiger partial charge in [-0.1, -0.05) is 18.6 Å². The van der Waals surface area contributed by atoms with Crippen LogP contribution in [0.25, 0.3) is 0 Å². The Balaban J connectivity index is 0.00000242. The van der Waals surface area contributed by atoms with Crippen LogP contribution >= 0.6 is 12.4 Å². The van der Waals surface area contributed by atoms with Gasteiger partial charge in [-0.25, -0.2) is 4.39 Å². The molecule has 1 aliphatic rings. The average molecular weight is 329 g/mol. The second-order valence-corrected chi connectivity index (χ2v) is 5.98. The number of amides is 1. The molecule has 0 spiro atoms. The molecule has 0 saturated heterocycles. The zero-order valence-corrected chi connectivity index (χ0v) is 14.1. The second-order valence-electron chi connectivity index (χ2n) is 5.98. The summed E-state index contributed by atoms with van der Waals surface area (Å²) in [5, 5.41) is 0. The molecule has 5 heteroatoms. The number of hydrogen-bond acceptors (Lipinski definition) is 2. The highest BCUT2D eigenvalue weighted by atomic mass is 35.5. The summed E-state index contributed by atoms with van der Waals surface area (Å²) >= 11 is 0. The van der Waals surface area contributed by atoms with Gasteiger partial charge < -0.3 is 10.6 Å². The highest BCUT2D eigenvalue weighted by Crippen LogP contribution is 2.29. The Labute approximate surface area is 138 Å². The fourth-order valence-electron chi connectivity index (χ4n) is 3.23. The van der Waals surface area contributed by atoms with Crippen molar-refractivity contribution < 1.29 is 9.18 Å². The summed E-state index contributed by atoms with van der Waals surface area (Å²) in [6, 6.07) is 6.50. The summed E-state index contributed by atoms with van der Waals surface area (Å²) in [6.07, 6.45) is 3.76. The first-order valence-electron chi connectivity index (χ1n) is 7.84. The van der Waals surface area contributed by atoms with E-state index in [0.717, 1.165) is 31.2 Å². The molecule has 22 heavy (non-hydrogen) atoms. The van der Waals surface area contributed by atoms with Crippen LogP contribution in [0.3, 0.4) is 0 Å². The first-order chi connectivity index (χ1) is 10.0. The predicted octanol–water partition coefficient (Wildman–Crippen LogP) is 3.67. The van der Waals surface area contributed by atoms with Gasteiger partial charge in [0.25, 0.3) is 0 Å². The van der Waals surface area contributed by atoms with Crippen LogP contribution in [-0.4, -0.2) is 23.4 Å². The number of rotatable bonds is 4. The molecule has 1 amide bonds. The molecule has 1 aliphatic carbocycles. The number of carbonyl (C=O) groups excluding carboxylic acids is 1. The van der Waals surface area contributed by atoms with Crippen molar-refractivity contribution in [3.63, 3.8) is 0 Å². The third kappa shape index (κ3) is 4.43. The average Bonchev–Trinajstić information content (AvgIpc) is 2.48. The standard InChI is InChI=1S/C17H25FN2O.ClH/c1-3-20(12(2)13-7-9-15(18)10-8-13)17(21)14-5-4-6-16(19)11-14;/h7-10,12,14,16H,3-6,11,19H2,1-2H3;1H. The maximum atomic E-state index is 13.0. The molecule has 1 saturated carbocycles. The van der Waals surface area contributed by atoms with Crippen LogP contribution in [0.5, 0.6) is 0 Å². The summed E-state index contributed by atoms with van der Waals surface area (Å²) in [4.78, 5) is 14.6. The smallest absolute Gasteiger partial charge is 0.226 e. The molecule has 0 aromatic heterocycles. The lowest BCUT2D eigenvalue weighted by Crippen LogP contribution is -2.41. The number of hydrogen-bond donors (Lipinski definition) is 1. The lowest BCUT2D eigenvalue weighted by atomic mass is 9.85. The van der Waals surface area contributed by atoms with E-state index in [4.69, 9.17) is 5.73 Å². The molecule has 0 aliphatic heterocycles. The van der Waals surface area contributed by atoms with Gasteiger partial charge in [0, 0.05) is 18.5 Å². The fraction of sp³-hybridized carbons (Fsp3) is 0.588. The molecular weight excluding hydrogens is 303 g/mol. The first kappa shape index (κ1) is 18.9. The van der Waals surface area contributed by atoms with E-state index < -0.39 is 0 Å². The van der Waals surface area contributed by atoms with Crippen LogP contribution in [0.2, 0.25) is 0 Å². The lowest BCUT2D eigenvalue weighted by Gasteiger charge is -2.34. The highest BCUT2D eigenvalue weighted by molar-refractivity contribution is 5.85. The van der Waals surface area contributed by atoms with E-state index in [1.165, 1.54) is 12.1 Å². The number of benzene rings is 1. The Morgan fingerprint density at radius 3 is 2.55 bits per heavy atom. The van der Waals surface area contributed by atoms with Crippen molar-refractivity contribution >= 4 is 18.3 Å². The van der Waals surface area contributed by atoms with E-state index in [2.05, 4.69) is 0 Å². The Morgan fingerprint density at radius 1 is 1.36 bits per heavy atom. The minimum Gasteiger partial charge on any atom is -0.336 e. The zero-order chi connectivity index (χ0) is 15.4. The molecule has 0 bridgehead atoms. The molecular formula is C17H26ClFN2O. The molecule has 3 atom stereocenters. The maximum absolute atomic E-state index is 13.0. The minimum atomic E-state index is -0.251. The van der Waals surface area contributed by atoms with E-state index in [9.17, 15) is 9.18 Å². The molecule has 124 valence electrons. The molecule has 2 rings (SSSR count). The van der Waals surface area contributed by atoms with E-state index in [1.54, 1.807) is 12.1 Å². The van der Waals surface area contributed by atoms with Crippen LogP contribution in [0.4, 0.5) is 4.39 Å². The number of halogens is 2. The summed E-state index contributed by atoms with van der Waals surface area (Å²) in [7, 11) is 0. The van der Waals surface area contributed by atoms with Crippen molar-refractivity contribution in [2.75, 3.05) is 6.54 Å². The van der Waals surface area contributed by atoms with Gasteiger partial charge in [0.15, 0.2) is 0 Å². The fourth-order valence-corrected chi connectivity index (χ4v) is 3.23. The van der Waals surface area contributed by atoms with Crippen molar-refractivity contribution in [1.82, 2.24) is 4.90 Å². The predicted molar refractivity (Wildman–Crippen MR) is 89.4 cm³/mol. The monoisotopic (exact) mass is 328 g/mol. The molecule has 0 radical (unpaired) electrons. The zero-order valence-electron chi connectivity index (χ0n) is 13.3. The van der Waals surface area contributed by atoms with Crippen LogP contribution in [0.1, 0.15) is 51.1 Å². The highest BCUT2D eigenvalue weighted by Gasteiger charge is 2.30. The quantitative estimate of drug-likeness (QED) is 0.916. The molecule has 1 aromatic rings. The number of nitrogens with two attached hydrogens (primary N) is 1. The van der Waals surface area contributed by atoms with Crippen LogP contribution < -0.4 is 5.73 Å². The van der Waals surface area contributed by atoms with Gasteiger partial charge in [-0.05, 0) is 50.8 Å². The third-order valence-corrected chi connectivity index (χ3v) is 4.51. The maximum Gasteiger partial charge on any atom is 0.226 e. The van der Waals surface area contributed by atoms with Gasteiger partial charge in [0.05, 0.1) is 6.04 Å². The summed E-state index contributed by atoms with van der Waals surface area (Å²) in [5.74, 6) is -0.0281. The molecule has 1 aromatic carbocycles. The van der Waals surface area contributed by atoms with E-state index in [-0.39, 0.29) is 42.1 Å². The lowest BCUT2D eigenvalue weighted by molar-refractivity contribution is -0.138. The summed E-state index contributed by atoms with van der Waals surface area (Å²) in [6.45, 7) is 4.64. The Morgan fingerprint density at radius 2 is 2.00 bits per heavy atom. The molecule has 1 fully saturated rings. The van der Waals surface area contributed by atoms with Crippen molar-refractivity contribution in [1.29, 1.82) is 0 Å². The Bertz CT molecular complexity index is 480. The third-order valence-electron chi connectivity index (χ3n) is 4.51. The SMILES string of the molecule is CCN(C(=O)C1CCCC(N)C1)C(C)c1ccc(F)cc1.Cl. The van der Waals surface area contributed by atoms with Crippen LogP contribution in [-0.2, 0) is 4.79 Å². The van der Waals surface area contributed by atoms with Gasteiger partial charge in [0.1, 0.15) is 5.82 Å². The second kappa shape index (κ2) is 8.49. The molecule has 3 unspecified atom stereocenters. The van der Waals surface area contributed by atoms with Gasteiger partial charge in [-0.15, -0.1) is 12.4 Å². The largest absolute Gasteiger partial charge is 0.336 e. The normalized spacial score (nSPS) is 22.5. The van der Waals surface area contributed by atoms with Gasteiger partial charge in [-0.3, -0.25) is 4.79 Å². The topological polar surface area (TPSA) is 46.3 Å². The Hall–Kier alpha value is -1.13. The van der Waals surface area contributed by atoms with Gasteiger partial charge in [-0.2, -0.15) is 0 Å². The van der Waals surface area contributed by atoms with E-state index >= 15 is 0 Å².